The van der Waals surface area contributed by atoms with Crippen LogP contribution in [0.2, 0.25) is 0 Å². The molecule has 0 aliphatic carbocycles. The summed E-state index contributed by atoms with van der Waals surface area (Å²) in [6, 6.07) is 19.7. The number of ether oxygens (including phenoxy) is 3. The second kappa shape index (κ2) is 14.0. The smallest absolute Gasteiger partial charge is 0.123 e. The van der Waals surface area contributed by atoms with Gasteiger partial charge in [0.05, 0.1) is 13.2 Å². The zero-order chi connectivity index (χ0) is 22.3. The van der Waals surface area contributed by atoms with E-state index in [0.29, 0.717) is 32.7 Å². The van der Waals surface area contributed by atoms with Crippen LogP contribution in [0.25, 0.3) is 12.2 Å². The van der Waals surface area contributed by atoms with Crippen LogP contribution in [-0.4, -0.2) is 38.6 Å². The van der Waals surface area contributed by atoms with E-state index in [2.05, 4.69) is 13.2 Å². The van der Waals surface area contributed by atoms with Crippen molar-refractivity contribution in [2.75, 3.05) is 33.5 Å². The van der Waals surface area contributed by atoms with E-state index in [1.165, 1.54) is 0 Å². The first kappa shape index (κ1) is 24.2. The second-order valence-corrected chi connectivity index (χ2v) is 6.77. The summed E-state index contributed by atoms with van der Waals surface area (Å²) >= 11 is 0. The number of aliphatic hydroxyl groups excluding tert-OH is 1. The fraction of sp³-hybridized carbons (Fsp3) is 0.259. The van der Waals surface area contributed by atoms with E-state index in [0.717, 1.165) is 33.8 Å². The van der Waals surface area contributed by atoms with Gasteiger partial charge < -0.3 is 19.3 Å². The molecule has 2 aromatic rings. The molecule has 0 bridgehead atoms. The molecule has 0 atom stereocenters. The summed E-state index contributed by atoms with van der Waals surface area (Å²) in [6.07, 6.45) is 4.81. The monoisotopic (exact) mass is 420 g/mol. The van der Waals surface area contributed by atoms with Gasteiger partial charge in [0.25, 0.3) is 0 Å². The average Bonchev–Trinajstić information content (AvgIpc) is 2.79. The van der Waals surface area contributed by atoms with Crippen molar-refractivity contribution < 1.29 is 19.3 Å². The zero-order valence-corrected chi connectivity index (χ0v) is 18.3. The Balaban J connectivity index is 2.58. The van der Waals surface area contributed by atoms with Crippen molar-refractivity contribution in [3.05, 3.63) is 96.1 Å². The van der Waals surface area contributed by atoms with Crippen molar-refractivity contribution in [2.24, 2.45) is 0 Å². The van der Waals surface area contributed by atoms with Gasteiger partial charge in [0.1, 0.15) is 18.1 Å². The van der Waals surface area contributed by atoms with Gasteiger partial charge in [-0.3, -0.25) is 0 Å². The van der Waals surface area contributed by atoms with E-state index in [4.69, 9.17) is 19.3 Å². The Morgan fingerprint density at radius 3 is 2.19 bits per heavy atom. The van der Waals surface area contributed by atoms with Crippen LogP contribution in [0.3, 0.4) is 0 Å². The third kappa shape index (κ3) is 7.59. The van der Waals surface area contributed by atoms with E-state index < -0.39 is 0 Å². The van der Waals surface area contributed by atoms with Gasteiger partial charge in [-0.2, -0.15) is 0 Å². The molecule has 0 fully saturated rings. The molecular formula is C27H32O4. The normalized spacial score (nSPS) is 10.1. The van der Waals surface area contributed by atoms with Crippen molar-refractivity contribution in [1.29, 1.82) is 0 Å². The third-order valence-electron chi connectivity index (χ3n) is 4.66. The first-order valence-corrected chi connectivity index (χ1v) is 10.4. The Morgan fingerprint density at radius 2 is 1.52 bits per heavy atom. The lowest BCUT2D eigenvalue weighted by Gasteiger charge is -2.17. The molecule has 0 spiro atoms. The second-order valence-electron chi connectivity index (χ2n) is 6.77. The number of hydrogen-bond donors (Lipinski definition) is 1. The lowest BCUT2D eigenvalue weighted by Crippen LogP contribution is -2.08. The number of rotatable bonds is 12. The van der Waals surface area contributed by atoms with Crippen LogP contribution in [0.4, 0.5) is 0 Å². The highest BCUT2D eigenvalue weighted by atomic mass is 16.5. The Hall–Kier alpha value is -3.08. The molecular weight excluding hydrogens is 388 g/mol. The predicted octanol–water partition coefficient (Wildman–Crippen LogP) is 5.47. The highest BCUT2D eigenvalue weighted by Crippen LogP contribution is 2.32. The number of methoxy groups -OCH3 is 1. The maximum Gasteiger partial charge on any atom is 0.123 e. The van der Waals surface area contributed by atoms with Gasteiger partial charge in [0, 0.05) is 32.1 Å². The Morgan fingerprint density at radius 1 is 0.806 bits per heavy atom. The van der Waals surface area contributed by atoms with Gasteiger partial charge >= 0.3 is 0 Å². The lowest BCUT2D eigenvalue weighted by molar-refractivity contribution is 0.146. The average molecular weight is 421 g/mol. The van der Waals surface area contributed by atoms with Crippen molar-refractivity contribution in [3.63, 3.8) is 0 Å². The molecule has 0 saturated carbocycles. The molecule has 0 radical (unpaired) electrons. The summed E-state index contributed by atoms with van der Waals surface area (Å²) in [5.41, 5.74) is 3.98. The lowest BCUT2D eigenvalue weighted by atomic mass is 9.94. The topological polar surface area (TPSA) is 47.9 Å². The summed E-state index contributed by atoms with van der Waals surface area (Å²) < 4.78 is 17.2. The maximum atomic E-state index is 9.15. The van der Waals surface area contributed by atoms with Gasteiger partial charge in [-0.05, 0) is 28.8 Å². The largest absolute Gasteiger partial charge is 0.493 e. The van der Waals surface area contributed by atoms with Crippen LogP contribution >= 0.6 is 0 Å². The fourth-order valence-corrected chi connectivity index (χ4v) is 3.12. The SMILES string of the molecule is C=Cc1ccc(OCCOC)c(Cc2ccccccccc2OCCCO)c1C=C. The van der Waals surface area contributed by atoms with Crippen LogP contribution < -0.4 is 9.47 Å². The molecule has 0 aromatic heterocycles. The highest BCUT2D eigenvalue weighted by Gasteiger charge is 2.14. The zero-order valence-electron chi connectivity index (χ0n) is 18.3. The van der Waals surface area contributed by atoms with Crippen LogP contribution in [0.1, 0.15) is 28.7 Å². The number of benzene rings is 1. The van der Waals surface area contributed by atoms with E-state index in [9.17, 15) is 0 Å². The summed E-state index contributed by atoms with van der Waals surface area (Å²) in [7, 11) is 1.65. The molecule has 4 heteroatoms. The van der Waals surface area contributed by atoms with Gasteiger partial charge in [-0.1, -0.05) is 73.8 Å². The molecule has 0 saturated heterocycles. The molecule has 0 unspecified atom stereocenters. The molecule has 2 aromatic carbocycles. The Bertz CT molecular complexity index is 903. The maximum absolute atomic E-state index is 9.15. The molecule has 4 nitrogen and oxygen atoms in total. The first-order chi connectivity index (χ1) is 15.2. The highest BCUT2D eigenvalue weighted by molar-refractivity contribution is 5.70. The molecule has 0 heterocycles. The number of aliphatic hydroxyl groups is 1. The quantitative estimate of drug-likeness (QED) is 0.462. The van der Waals surface area contributed by atoms with Crippen molar-refractivity contribution >= 4 is 12.2 Å². The van der Waals surface area contributed by atoms with Crippen LogP contribution in [0.15, 0.2) is 73.8 Å². The molecule has 0 amide bonds. The predicted molar refractivity (Wildman–Crippen MR) is 128 cm³/mol. The van der Waals surface area contributed by atoms with Gasteiger partial charge in [0.15, 0.2) is 0 Å². The summed E-state index contributed by atoms with van der Waals surface area (Å²) in [6.45, 7) is 9.43. The van der Waals surface area contributed by atoms with Crippen molar-refractivity contribution in [2.45, 2.75) is 12.8 Å². The van der Waals surface area contributed by atoms with Gasteiger partial charge in [0.2, 0.25) is 0 Å². The van der Waals surface area contributed by atoms with Crippen molar-refractivity contribution in [1.82, 2.24) is 0 Å². The molecule has 31 heavy (non-hydrogen) atoms. The van der Waals surface area contributed by atoms with Crippen LogP contribution in [0.5, 0.6) is 11.5 Å². The molecule has 0 aliphatic rings. The number of hydrogen-bond acceptors (Lipinski definition) is 4. The molecule has 2 rings (SSSR count). The van der Waals surface area contributed by atoms with E-state index in [1.807, 2.05) is 72.8 Å². The standard InChI is InChI=1S/C27H32O4/c1-4-22-15-16-27(31-20-19-29-3)25(24(22)5-2)21-23-13-10-8-6-7-9-11-14-26(23)30-18-12-17-28/h4-11,13-16,28H,1-2,12,17-21H2,3H3. The summed E-state index contributed by atoms with van der Waals surface area (Å²) in [5, 5.41) is 9.15. The summed E-state index contributed by atoms with van der Waals surface area (Å²) in [5.74, 6) is 1.54. The third-order valence-corrected chi connectivity index (χ3v) is 4.66. The van der Waals surface area contributed by atoms with Gasteiger partial charge in [-0.15, -0.1) is 0 Å². The minimum atomic E-state index is 0.0876. The fourth-order valence-electron chi connectivity index (χ4n) is 3.12. The van der Waals surface area contributed by atoms with Crippen molar-refractivity contribution in [3.8, 4) is 11.5 Å². The minimum Gasteiger partial charge on any atom is -0.493 e. The van der Waals surface area contributed by atoms with Crippen LogP contribution in [0, 0.1) is 0 Å². The first-order valence-electron chi connectivity index (χ1n) is 10.4. The van der Waals surface area contributed by atoms with E-state index in [1.54, 1.807) is 7.11 Å². The van der Waals surface area contributed by atoms with E-state index in [-0.39, 0.29) is 6.61 Å². The molecule has 0 aliphatic heterocycles. The Kier molecular flexibility index (Phi) is 10.9. The van der Waals surface area contributed by atoms with Crippen LogP contribution in [-0.2, 0) is 11.2 Å². The molecule has 164 valence electrons. The van der Waals surface area contributed by atoms with Gasteiger partial charge in [-0.25, -0.2) is 0 Å². The van der Waals surface area contributed by atoms with E-state index >= 15 is 0 Å². The Labute approximate surface area is 185 Å². The minimum absolute atomic E-state index is 0.0876. The summed E-state index contributed by atoms with van der Waals surface area (Å²) in [4.78, 5) is 0. The molecule has 1 N–H and O–H groups in total.